The number of rotatable bonds is 2. The molecule has 3 heteroatoms. The smallest absolute Gasteiger partial charge is 0.110 e. The van der Waals surface area contributed by atoms with Crippen LogP contribution in [0.15, 0.2) is 35.2 Å². The van der Waals surface area contributed by atoms with E-state index in [0.717, 1.165) is 19.4 Å². The fourth-order valence-electron chi connectivity index (χ4n) is 2.95. The molecular formula is C15H20O2S. The second kappa shape index (κ2) is 4.87. The first kappa shape index (κ1) is 12.5. The Morgan fingerprint density at radius 1 is 1.22 bits per heavy atom. The molecule has 1 aromatic carbocycles. The van der Waals surface area contributed by atoms with Crippen LogP contribution >= 0.6 is 11.8 Å². The first-order valence-electron chi connectivity index (χ1n) is 6.63. The minimum atomic E-state index is 0.0327. The first-order valence-corrected chi connectivity index (χ1v) is 7.51. The largest absolute Gasteiger partial charge is 0.372 e. The Bertz CT molecular complexity index is 404. The zero-order valence-corrected chi connectivity index (χ0v) is 11.8. The van der Waals surface area contributed by atoms with Crippen LogP contribution in [0.1, 0.15) is 26.7 Å². The SMILES string of the molecule is CC1(C)CC2COC(Sc3ccccc3)CC2O1. The molecule has 3 atom stereocenters. The van der Waals surface area contributed by atoms with Gasteiger partial charge in [0.05, 0.1) is 18.3 Å². The summed E-state index contributed by atoms with van der Waals surface area (Å²) in [7, 11) is 0. The van der Waals surface area contributed by atoms with E-state index in [-0.39, 0.29) is 11.0 Å². The van der Waals surface area contributed by atoms with Gasteiger partial charge in [-0.05, 0) is 32.4 Å². The van der Waals surface area contributed by atoms with Gasteiger partial charge in [0.2, 0.25) is 0 Å². The normalized spacial score (nSPS) is 34.2. The van der Waals surface area contributed by atoms with Crippen molar-refractivity contribution in [3.05, 3.63) is 30.3 Å². The van der Waals surface area contributed by atoms with Gasteiger partial charge in [-0.3, -0.25) is 0 Å². The van der Waals surface area contributed by atoms with E-state index in [1.807, 2.05) is 17.8 Å². The maximum Gasteiger partial charge on any atom is 0.110 e. The predicted octanol–water partition coefficient (Wildman–Crippen LogP) is 3.71. The fourth-order valence-corrected chi connectivity index (χ4v) is 4.00. The van der Waals surface area contributed by atoms with E-state index in [4.69, 9.17) is 9.47 Å². The molecule has 2 nitrogen and oxygen atoms in total. The summed E-state index contributed by atoms with van der Waals surface area (Å²) in [6.07, 6.45) is 2.52. The van der Waals surface area contributed by atoms with Gasteiger partial charge in [-0.2, -0.15) is 0 Å². The summed E-state index contributed by atoms with van der Waals surface area (Å²) in [6.45, 7) is 5.22. The average Bonchev–Trinajstić information content (AvgIpc) is 2.63. The molecule has 2 saturated heterocycles. The van der Waals surface area contributed by atoms with E-state index in [1.165, 1.54) is 4.90 Å². The lowest BCUT2D eigenvalue weighted by Crippen LogP contribution is -2.33. The van der Waals surface area contributed by atoms with E-state index in [2.05, 4.69) is 38.1 Å². The topological polar surface area (TPSA) is 18.5 Å². The number of fused-ring (bicyclic) bond motifs is 1. The Morgan fingerprint density at radius 2 is 2.00 bits per heavy atom. The number of thioether (sulfide) groups is 1. The van der Waals surface area contributed by atoms with Gasteiger partial charge in [0.15, 0.2) is 0 Å². The van der Waals surface area contributed by atoms with Crippen molar-refractivity contribution in [3.8, 4) is 0 Å². The molecule has 0 aromatic heterocycles. The lowest BCUT2D eigenvalue weighted by atomic mass is 9.92. The number of ether oxygens (including phenoxy) is 2. The van der Waals surface area contributed by atoms with Crippen LogP contribution in [-0.2, 0) is 9.47 Å². The van der Waals surface area contributed by atoms with Crippen molar-refractivity contribution in [3.63, 3.8) is 0 Å². The molecule has 2 aliphatic rings. The van der Waals surface area contributed by atoms with Gasteiger partial charge in [-0.15, -0.1) is 0 Å². The molecule has 0 spiro atoms. The summed E-state index contributed by atoms with van der Waals surface area (Å²) < 4.78 is 12.1. The standard InChI is InChI=1S/C15H20O2S/c1-15(2)9-11-10-16-14(8-13(11)17-15)18-12-6-4-3-5-7-12/h3-7,11,13-14H,8-10H2,1-2H3. The summed E-state index contributed by atoms with van der Waals surface area (Å²) in [5.74, 6) is 0.590. The van der Waals surface area contributed by atoms with Gasteiger partial charge < -0.3 is 9.47 Å². The number of hydrogen-bond donors (Lipinski definition) is 0. The molecule has 98 valence electrons. The van der Waals surface area contributed by atoms with Crippen LogP contribution in [0.2, 0.25) is 0 Å². The zero-order chi connectivity index (χ0) is 12.6. The molecule has 0 amide bonds. The Kier molecular flexibility index (Phi) is 3.39. The molecule has 2 fully saturated rings. The third-order valence-electron chi connectivity index (χ3n) is 3.68. The summed E-state index contributed by atoms with van der Waals surface area (Å²) in [5, 5.41) is 0. The van der Waals surface area contributed by atoms with Crippen LogP contribution in [0, 0.1) is 5.92 Å². The molecule has 2 heterocycles. The molecule has 1 aromatic rings. The summed E-state index contributed by atoms with van der Waals surface area (Å²) in [5.41, 5.74) is 0.271. The van der Waals surface area contributed by atoms with Crippen molar-refractivity contribution < 1.29 is 9.47 Å². The van der Waals surface area contributed by atoms with E-state index >= 15 is 0 Å². The summed E-state index contributed by atoms with van der Waals surface area (Å²) >= 11 is 1.81. The molecule has 18 heavy (non-hydrogen) atoms. The van der Waals surface area contributed by atoms with Gasteiger partial charge in [0.25, 0.3) is 0 Å². The summed E-state index contributed by atoms with van der Waals surface area (Å²) in [4.78, 5) is 1.28. The van der Waals surface area contributed by atoms with Gasteiger partial charge in [0.1, 0.15) is 5.44 Å². The van der Waals surface area contributed by atoms with Crippen molar-refractivity contribution in [1.82, 2.24) is 0 Å². The molecule has 2 aliphatic heterocycles. The highest BCUT2D eigenvalue weighted by atomic mass is 32.2. The Balaban J connectivity index is 1.61. The van der Waals surface area contributed by atoms with Crippen molar-refractivity contribution in [2.24, 2.45) is 5.92 Å². The Labute approximate surface area is 113 Å². The third-order valence-corrected chi connectivity index (χ3v) is 4.82. The van der Waals surface area contributed by atoms with Crippen molar-refractivity contribution >= 4 is 11.8 Å². The van der Waals surface area contributed by atoms with E-state index < -0.39 is 0 Å². The van der Waals surface area contributed by atoms with Crippen LogP contribution in [0.25, 0.3) is 0 Å². The molecular weight excluding hydrogens is 244 g/mol. The molecule has 3 rings (SSSR count). The molecule has 3 unspecified atom stereocenters. The van der Waals surface area contributed by atoms with Gasteiger partial charge in [0, 0.05) is 17.2 Å². The fraction of sp³-hybridized carbons (Fsp3) is 0.600. The Hall–Kier alpha value is -0.510. The number of benzene rings is 1. The van der Waals surface area contributed by atoms with Gasteiger partial charge in [-0.25, -0.2) is 0 Å². The Morgan fingerprint density at radius 3 is 2.78 bits per heavy atom. The molecule has 0 radical (unpaired) electrons. The summed E-state index contributed by atoms with van der Waals surface area (Å²) in [6, 6.07) is 10.5. The van der Waals surface area contributed by atoms with Crippen LogP contribution in [-0.4, -0.2) is 23.7 Å². The maximum absolute atomic E-state index is 6.13. The highest BCUT2D eigenvalue weighted by Gasteiger charge is 2.44. The highest BCUT2D eigenvalue weighted by Crippen LogP contribution is 2.42. The van der Waals surface area contributed by atoms with Crippen LogP contribution in [0.5, 0.6) is 0 Å². The second-order valence-electron chi connectivity index (χ2n) is 5.81. The quantitative estimate of drug-likeness (QED) is 0.811. The lowest BCUT2D eigenvalue weighted by molar-refractivity contribution is -0.0707. The highest BCUT2D eigenvalue weighted by molar-refractivity contribution is 7.99. The first-order chi connectivity index (χ1) is 8.62. The van der Waals surface area contributed by atoms with Crippen molar-refractivity contribution in [1.29, 1.82) is 0 Å². The van der Waals surface area contributed by atoms with Crippen molar-refractivity contribution in [2.75, 3.05) is 6.61 Å². The maximum atomic E-state index is 6.13. The number of hydrogen-bond acceptors (Lipinski definition) is 3. The minimum absolute atomic E-state index is 0.0327. The lowest BCUT2D eigenvalue weighted by Gasteiger charge is -2.30. The minimum Gasteiger partial charge on any atom is -0.372 e. The van der Waals surface area contributed by atoms with Gasteiger partial charge in [-0.1, -0.05) is 30.0 Å². The van der Waals surface area contributed by atoms with Crippen LogP contribution in [0.4, 0.5) is 0 Å². The molecule has 0 saturated carbocycles. The van der Waals surface area contributed by atoms with Crippen molar-refractivity contribution in [2.45, 2.75) is 48.7 Å². The third kappa shape index (κ3) is 2.73. The molecule has 0 bridgehead atoms. The molecule has 0 aliphatic carbocycles. The zero-order valence-electron chi connectivity index (χ0n) is 11.0. The average molecular weight is 264 g/mol. The monoisotopic (exact) mass is 264 g/mol. The van der Waals surface area contributed by atoms with E-state index in [9.17, 15) is 0 Å². The van der Waals surface area contributed by atoms with Gasteiger partial charge >= 0.3 is 0 Å². The van der Waals surface area contributed by atoms with Crippen LogP contribution < -0.4 is 0 Å². The van der Waals surface area contributed by atoms with Crippen LogP contribution in [0.3, 0.4) is 0 Å². The van der Waals surface area contributed by atoms with E-state index in [1.54, 1.807) is 0 Å². The predicted molar refractivity (Wildman–Crippen MR) is 73.7 cm³/mol. The van der Waals surface area contributed by atoms with E-state index in [0.29, 0.717) is 12.0 Å². The molecule has 0 N–H and O–H groups in total. The second-order valence-corrected chi connectivity index (χ2v) is 7.04.